The van der Waals surface area contributed by atoms with E-state index < -0.39 is 0 Å². The number of nitrogens with two attached hydrogens (primary N) is 1. The number of aromatic nitrogens is 1. The van der Waals surface area contributed by atoms with Gasteiger partial charge in [0.15, 0.2) is 0 Å². The van der Waals surface area contributed by atoms with Gasteiger partial charge in [-0.15, -0.1) is 11.3 Å². The van der Waals surface area contributed by atoms with E-state index in [1.165, 1.54) is 10.3 Å². The van der Waals surface area contributed by atoms with Crippen LogP contribution in [0.25, 0.3) is 10.2 Å². The quantitative estimate of drug-likeness (QED) is 0.707. The average molecular weight is 254 g/mol. The van der Waals surface area contributed by atoms with Gasteiger partial charge < -0.3 is 5.73 Å². The van der Waals surface area contributed by atoms with Gasteiger partial charge in [0.2, 0.25) is 0 Å². The monoisotopic (exact) mass is 254 g/mol. The smallest absolute Gasteiger partial charge is 0.0983 e. The van der Waals surface area contributed by atoms with Crippen LogP contribution in [-0.2, 0) is 6.42 Å². The van der Waals surface area contributed by atoms with Gasteiger partial charge in [-0.05, 0) is 36.2 Å². The maximum absolute atomic E-state index is 6.04. The van der Waals surface area contributed by atoms with Gasteiger partial charge in [-0.25, -0.2) is 4.98 Å². The molecule has 2 nitrogen and oxygen atoms in total. The molecule has 0 bridgehead atoms. The molecular formula is C15H14N2S. The van der Waals surface area contributed by atoms with Crippen LogP contribution in [0.15, 0.2) is 42.5 Å². The van der Waals surface area contributed by atoms with Gasteiger partial charge in [0.05, 0.1) is 15.2 Å². The van der Waals surface area contributed by atoms with Crippen molar-refractivity contribution in [1.29, 1.82) is 0 Å². The van der Waals surface area contributed by atoms with E-state index in [1.807, 2.05) is 24.3 Å². The number of nitrogens with zero attached hydrogens (tertiary/aromatic N) is 1. The van der Waals surface area contributed by atoms with Crippen molar-refractivity contribution in [2.45, 2.75) is 13.3 Å². The minimum absolute atomic E-state index is 0.811. The zero-order valence-electron chi connectivity index (χ0n) is 10.2. The lowest BCUT2D eigenvalue weighted by atomic mass is 10.1. The number of benzene rings is 2. The Kier molecular flexibility index (Phi) is 2.76. The summed E-state index contributed by atoms with van der Waals surface area (Å²) in [7, 11) is 0. The van der Waals surface area contributed by atoms with Gasteiger partial charge >= 0.3 is 0 Å². The minimum Gasteiger partial charge on any atom is -0.398 e. The van der Waals surface area contributed by atoms with E-state index >= 15 is 0 Å². The summed E-state index contributed by atoms with van der Waals surface area (Å²) >= 11 is 1.74. The van der Waals surface area contributed by atoms with Crippen LogP contribution >= 0.6 is 11.3 Å². The SMILES string of the molecule is Cc1ccc(Cc2nc3ccccc3s2)c(N)c1. The molecule has 90 valence electrons. The fraction of sp³-hybridized carbons (Fsp3) is 0.133. The van der Waals surface area contributed by atoms with E-state index in [0.717, 1.165) is 28.2 Å². The first-order valence-electron chi connectivity index (χ1n) is 5.92. The van der Waals surface area contributed by atoms with E-state index in [9.17, 15) is 0 Å². The van der Waals surface area contributed by atoms with E-state index in [0.29, 0.717) is 0 Å². The number of thiazole rings is 1. The molecule has 0 saturated carbocycles. The number of hydrogen-bond donors (Lipinski definition) is 1. The maximum atomic E-state index is 6.04. The van der Waals surface area contributed by atoms with Crippen LogP contribution in [0.1, 0.15) is 16.1 Å². The zero-order chi connectivity index (χ0) is 12.5. The third-order valence-electron chi connectivity index (χ3n) is 2.98. The van der Waals surface area contributed by atoms with Crippen LogP contribution in [0.5, 0.6) is 0 Å². The van der Waals surface area contributed by atoms with Crippen molar-refractivity contribution in [1.82, 2.24) is 4.98 Å². The summed E-state index contributed by atoms with van der Waals surface area (Å²) in [5.74, 6) is 0. The molecule has 1 aromatic heterocycles. The summed E-state index contributed by atoms with van der Waals surface area (Å²) in [5, 5.41) is 1.12. The molecule has 0 atom stereocenters. The van der Waals surface area contributed by atoms with E-state index in [1.54, 1.807) is 11.3 Å². The first kappa shape index (κ1) is 11.2. The number of anilines is 1. The third-order valence-corrected chi connectivity index (χ3v) is 4.02. The van der Waals surface area contributed by atoms with Crippen LogP contribution in [0, 0.1) is 6.92 Å². The van der Waals surface area contributed by atoms with Crippen LogP contribution in [-0.4, -0.2) is 4.98 Å². The zero-order valence-corrected chi connectivity index (χ0v) is 11.0. The summed E-state index contributed by atoms with van der Waals surface area (Å²) in [6, 6.07) is 14.4. The first-order valence-corrected chi connectivity index (χ1v) is 6.73. The van der Waals surface area contributed by atoms with Crippen molar-refractivity contribution >= 4 is 27.2 Å². The highest BCUT2D eigenvalue weighted by atomic mass is 32.1. The van der Waals surface area contributed by atoms with Crippen molar-refractivity contribution in [3.63, 3.8) is 0 Å². The van der Waals surface area contributed by atoms with Gasteiger partial charge in [0.25, 0.3) is 0 Å². The van der Waals surface area contributed by atoms with Crippen molar-refractivity contribution in [2.24, 2.45) is 0 Å². The Hall–Kier alpha value is -1.87. The molecule has 0 saturated heterocycles. The summed E-state index contributed by atoms with van der Waals surface area (Å²) < 4.78 is 1.23. The Morgan fingerprint density at radius 2 is 2.00 bits per heavy atom. The molecule has 3 aromatic rings. The summed E-state index contributed by atoms with van der Waals surface area (Å²) in [6.45, 7) is 2.05. The first-order chi connectivity index (χ1) is 8.72. The topological polar surface area (TPSA) is 38.9 Å². The van der Waals surface area contributed by atoms with Crippen LogP contribution in [0.2, 0.25) is 0 Å². The fourth-order valence-electron chi connectivity index (χ4n) is 2.03. The van der Waals surface area contributed by atoms with Gasteiger partial charge in [-0.3, -0.25) is 0 Å². The summed E-state index contributed by atoms with van der Waals surface area (Å²) in [5.41, 5.74) is 10.3. The highest BCUT2D eigenvalue weighted by Gasteiger charge is 2.06. The lowest BCUT2D eigenvalue weighted by Gasteiger charge is -2.04. The summed E-state index contributed by atoms with van der Waals surface area (Å²) in [6.07, 6.45) is 0.811. The second-order valence-electron chi connectivity index (χ2n) is 4.45. The Labute approximate surface area is 110 Å². The maximum Gasteiger partial charge on any atom is 0.0983 e. The lowest BCUT2D eigenvalue weighted by molar-refractivity contribution is 1.15. The molecule has 2 aromatic carbocycles. The van der Waals surface area contributed by atoms with Crippen molar-refractivity contribution in [3.05, 3.63) is 58.6 Å². The molecule has 18 heavy (non-hydrogen) atoms. The molecule has 1 heterocycles. The van der Waals surface area contributed by atoms with Gasteiger partial charge in [0.1, 0.15) is 0 Å². The summed E-state index contributed by atoms with van der Waals surface area (Å²) in [4.78, 5) is 4.63. The predicted molar refractivity (Wildman–Crippen MR) is 78.0 cm³/mol. The predicted octanol–water partition coefficient (Wildman–Crippen LogP) is 3.78. The van der Waals surface area contributed by atoms with Crippen molar-refractivity contribution < 1.29 is 0 Å². The van der Waals surface area contributed by atoms with E-state index in [4.69, 9.17) is 5.73 Å². The fourth-order valence-corrected chi connectivity index (χ4v) is 3.02. The highest BCUT2D eigenvalue weighted by Crippen LogP contribution is 2.25. The lowest BCUT2D eigenvalue weighted by Crippen LogP contribution is -1.95. The van der Waals surface area contributed by atoms with Crippen LogP contribution in [0.4, 0.5) is 5.69 Å². The number of rotatable bonds is 2. The Morgan fingerprint density at radius 1 is 1.17 bits per heavy atom. The molecule has 0 aliphatic heterocycles. The Morgan fingerprint density at radius 3 is 2.78 bits per heavy atom. The molecule has 0 aliphatic rings. The number of fused-ring (bicyclic) bond motifs is 1. The second kappa shape index (κ2) is 4.42. The second-order valence-corrected chi connectivity index (χ2v) is 5.57. The molecule has 0 radical (unpaired) electrons. The molecule has 0 fully saturated rings. The van der Waals surface area contributed by atoms with E-state index in [2.05, 4.69) is 30.1 Å². The van der Waals surface area contributed by atoms with E-state index in [-0.39, 0.29) is 0 Å². The van der Waals surface area contributed by atoms with Crippen LogP contribution < -0.4 is 5.73 Å². The third kappa shape index (κ3) is 2.09. The molecule has 3 heteroatoms. The molecule has 0 amide bonds. The number of para-hydroxylation sites is 1. The standard InChI is InChI=1S/C15H14N2S/c1-10-6-7-11(12(16)8-10)9-15-17-13-4-2-3-5-14(13)18-15/h2-8H,9,16H2,1H3. The van der Waals surface area contributed by atoms with Crippen molar-refractivity contribution in [3.8, 4) is 0 Å². The molecule has 0 spiro atoms. The minimum atomic E-state index is 0.811. The van der Waals surface area contributed by atoms with Gasteiger partial charge in [-0.2, -0.15) is 0 Å². The normalized spacial score (nSPS) is 10.9. The van der Waals surface area contributed by atoms with Crippen LogP contribution in [0.3, 0.4) is 0 Å². The molecular weight excluding hydrogens is 240 g/mol. The number of nitrogen functional groups attached to an aromatic ring is 1. The number of hydrogen-bond acceptors (Lipinski definition) is 3. The molecule has 3 rings (SSSR count). The average Bonchev–Trinajstić information content (AvgIpc) is 2.75. The van der Waals surface area contributed by atoms with Gasteiger partial charge in [0, 0.05) is 12.1 Å². The highest BCUT2D eigenvalue weighted by molar-refractivity contribution is 7.18. The van der Waals surface area contributed by atoms with Gasteiger partial charge in [-0.1, -0.05) is 24.3 Å². The molecule has 2 N–H and O–H groups in total. The molecule has 0 aliphatic carbocycles. The van der Waals surface area contributed by atoms with Crippen molar-refractivity contribution in [2.75, 3.05) is 5.73 Å². The Bertz CT molecular complexity index is 668. The Balaban J connectivity index is 1.96. The molecule has 0 unspecified atom stereocenters. The largest absolute Gasteiger partial charge is 0.398 e. The number of aryl methyl sites for hydroxylation is 1.